The number of rotatable bonds is 9. The minimum Gasteiger partial charge on any atom is -0.368 e. The van der Waals surface area contributed by atoms with Crippen molar-refractivity contribution in [3.05, 3.63) is 130 Å². The minimum atomic E-state index is -0.328. The van der Waals surface area contributed by atoms with Crippen molar-refractivity contribution in [2.24, 2.45) is 7.05 Å². The second kappa shape index (κ2) is 13.3. The van der Waals surface area contributed by atoms with Gasteiger partial charge in [0.05, 0.1) is 6.20 Å². The molecule has 0 N–H and O–H groups in total. The fourth-order valence-electron chi connectivity index (χ4n) is 5.34. The van der Waals surface area contributed by atoms with E-state index in [0.717, 1.165) is 29.9 Å². The van der Waals surface area contributed by atoms with E-state index < -0.39 is 0 Å². The minimum absolute atomic E-state index is 0.0227. The van der Waals surface area contributed by atoms with Gasteiger partial charge in [0.25, 0.3) is 5.56 Å². The third-order valence-corrected chi connectivity index (χ3v) is 8.80. The Kier molecular flexibility index (Phi) is 8.88. The van der Waals surface area contributed by atoms with Crippen LogP contribution >= 0.6 is 11.8 Å². The van der Waals surface area contributed by atoms with Crippen molar-refractivity contribution < 1.29 is 9.18 Å². The molecule has 2 aromatic heterocycles. The van der Waals surface area contributed by atoms with Gasteiger partial charge in [-0.1, -0.05) is 66.4 Å². The van der Waals surface area contributed by atoms with Crippen molar-refractivity contribution in [1.82, 2.24) is 24.2 Å². The summed E-state index contributed by atoms with van der Waals surface area (Å²) < 4.78 is 16.9. The van der Waals surface area contributed by atoms with Crippen LogP contribution in [0.15, 0.2) is 107 Å². The third kappa shape index (κ3) is 7.08. The molecule has 0 atom stereocenters. The molecule has 10 heteroatoms. The largest absolute Gasteiger partial charge is 0.368 e. The van der Waals surface area contributed by atoms with E-state index in [1.165, 1.54) is 35.0 Å². The molecular weight excluding hydrogens is 575 g/mol. The predicted octanol–water partition coefficient (Wildman–Crippen LogP) is 5.01. The van der Waals surface area contributed by atoms with Crippen LogP contribution in [-0.4, -0.2) is 56.3 Å². The summed E-state index contributed by atoms with van der Waals surface area (Å²) in [6.07, 6.45) is 5.71. The summed E-state index contributed by atoms with van der Waals surface area (Å²) in [6, 6.07) is 25.1. The Balaban J connectivity index is 1.14. The van der Waals surface area contributed by atoms with Crippen LogP contribution in [0, 0.1) is 5.82 Å². The van der Waals surface area contributed by atoms with E-state index in [-0.39, 0.29) is 23.8 Å². The highest BCUT2D eigenvalue weighted by atomic mass is 32.2. The van der Waals surface area contributed by atoms with Gasteiger partial charge in [-0.15, -0.1) is 0 Å². The highest BCUT2D eigenvalue weighted by Gasteiger charge is 2.23. The summed E-state index contributed by atoms with van der Waals surface area (Å²) in [7, 11) is 1.83. The Morgan fingerprint density at radius 1 is 0.864 bits per heavy atom. The molecule has 0 saturated carbocycles. The summed E-state index contributed by atoms with van der Waals surface area (Å²) in [5.74, 6) is 0.166. The number of amides is 1. The molecule has 3 aromatic carbocycles. The zero-order valence-electron chi connectivity index (χ0n) is 24.5. The number of anilines is 1. The quantitative estimate of drug-likeness (QED) is 0.173. The molecule has 1 aliphatic heterocycles. The number of hydrogen-bond acceptors (Lipinski definition) is 6. The molecule has 0 aliphatic carbocycles. The van der Waals surface area contributed by atoms with E-state index >= 15 is 0 Å². The maximum absolute atomic E-state index is 13.6. The molecule has 3 heterocycles. The Bertz CT molecular complexity index is 1780. The lowest BCUT2D eigenvalue weighted by Crippen LogP contribution is -2.49. The second-order valence-electron chi connectivity index (χ2n) is 10.9. The zero-order valence-corrected chi connectivity index (χ0v) is 25.3. The number of carbonyl (C=O) groups is 1. The van der Waals surface area contributed by atoms with Gasteiger partial charge in [-0.2, -0.15) is 10.1 Å². The summed E-state index contributed by atoms with van der Waals surface area (Å²) in [6.45, 7) is 2.75. The number of benzene rings is 3. The Hall–Kier alpha value is -4.70. The Morgan fingerprint density at radius 2 is 1.57 bits per heavy atom. The number of piperazine rings is 1. The first-order chi connectivity index (χ1) is 21.4. The Labute approximate surface area is 259 Å². The zero-order chi connectivity index (χ0) is 30.5. The number of aromatic nitrogens is 4. The summed E-state index contributed by atoms with van der Waals surface area (Å²) in [5.41, 5.74) is 5.46. The van der Waals surface area contributed by atoms with Gasteiger partial charge in [0.1, 0.15) is 12.4 Å². The summed E-state index contributed by atoms with van der Waals surface area (Å²) in [5, 5.41) is 4.66. The molecule has 6 rings (SSSR count). The SMILES string of the molecule is Cn1cc(Cc2cn(CC(=O)N3CCN(c4ccc(-c5ccccc5)cc4)CC3)c(SCc3ccc(F)cc3)nc2=O)cn1. The van der Waals surface area contributed by atoms with Crippen LogP contribution in [0.5, 0.6) is 0 Å². The molecule has 0 radical (unpaired) electrons. The van der Waals surface area contributed by atoms with Gasteiger partial charge in [0.2, 0.25) is 5.91 Å². The fourth-order valence-corrected chi connectivity index (χ4v) is 6.26. The van der Waals surface area contributed by atoms with E-state index in [9.17, 15) is 14.0 Å². The molecule has 0 spiro atoms. The predicted molar refractivity (Wildman–Crippen MR) is 171 cm³/mol. The van der Waals surface area contributed by atoms with Crippen LogP contribution in [0.1, 0.15) is 16.7 Å². The lowest BCUT2D eigenvalue weighted by atomic mass is 10.1. The van der Waals surface area contributed by atoms with E-state index in [1.807, 2.05) is 36.3 Å². The van der Waals surface area contributed by atoms with Gasteiger partial charge >= 0.3 is 0 Å². The van der Waals surface area contributed by atoms with Crippen LogP contribution in [0.25, 0.3) is 11.1 Å². The Morgan fingerprint density at radius 3 is 2.25 bits per heavy atom. The maximum atomic E-state index is 13.6. The average Bonchev–Trinajstić information content (AvgIpc) is 3.47. The lowest BCUT2D eigenvalue weighted by molar-refractivity contribution is -0.132. The molecular formula is C34H33FN6O2S. The molecule has 1 saturated heterocycles. The standard InChI is InChI=1S/C34H33FN6O2S/c1-38-21-26(20-36-38)19-29-22-41(34(37-33(29)43)44-24-25-7-11-30(35)12-8-25)23-32(42)40-17-15-39(16-18-40)31-13-9-28(10-14-31)27-5-3-2-4-6-27/h2-14,20-22H,15-19,23-24H2,1H3. The third-order valence-electron chi connectivity index (χ3n) is 7.74. The van der Waals surface area contributed by atoms with Gasteiger partial charge in [0, 0.05) is 69.0 Å². The first-order valence-electron chi connectivity index (χ1n) is 14.5. The number of carbonyl (C=O) groups excluding carboxylic acids is 1. The lowest BCUT2D eigenvalue weighted by Gasteiger charge is -2.36. The number of thioether (sulfide) groups is 1. The van der Waals surface area contributed by atoms with Gasteiger partial charge in [-0.25, -0.2) is 4.39 Å². The van der Waals surface area contributed by atoms with Crippen LogP contribution in [0.4, 0.5) is 10.1 Å². The number of aryl methyl sites for hydroxylation is 1. The molecule has 44 heavy (non-hydrogen) atoms. The molecule has 8 nitrogen and oxygen atoms in total. The molecule has 1 fully saturated rings. The highest BCUT2D eigenvalue weighted by Crippen LogP contribution is 2.25. The maximum Gasteiger partial charge on any atom is 0.277 e. The van der Waals surface area contributed by atoms with Gasteiger partial charge < -0.3 is 14.4 Å². The average molecular weight is 609 g/mol. The van der Waals surface area contributed by atoms with Crippen molar-refractivity contribution >= 4 is 23.4 Å². The summed E-state index contributed by atoms with van der Waals surface area (Å²) >= 11 is 1.36. The molecule has 224 valence electrons. The van der Waals surface area contributed by atoms with Crippen LogP contribution in [0.2, 0.25) is 0 Å². The normalized spacial score (nSPS) is 13.3. The highest BCUT2D eigenvalue weighted by molar-refractivity contribution is 7.98. The summed E-state index contributed by atoms with van der Waals surface area (Å²) in [4.78, 5) is 35.1. The van der Waals surface area contributed by atoms with Crippen molar-refractivity contribution in [2.45, 2.75) is 23.9 Å². The first-order valence-corrected chi connectivity index (χ1v) is 15.5. The van der Waals surface area contributed by atoms with E-state index in [2.05, 4.69) is 51.4 Å². The van der Waals surface area contributed by atoms with E-state index in [4.69, 9.17) is 0 Å². The molecule has 0 unspecified atom stereocenters. The fraction of sp³-hybridized carbons (Fsp3) is 0.235. The topological polar surface area (TPSA) is 76.3 Å². The monoisotopic (exact) mass is 608 g/mol. The molecule has 5 aromatic rings. The smallest absolute Gasteiger partial charge is 0.277 e. The first kappa shape index (κ1) is 29.4. The van der Waals surface area contributed by atoms with Gasteiger partial charge in [-0.05, 0) is 46.5 Å². The van der Waals surface area contributed by atoms with E-state index in [1.54, 1.807) is 33.8 Å². The van der Waals surface area contributed by atoms with Gasteiger partial charge in [-0.3, -0.25) is 14.3 Å². The van der Waals surface area contributed by atoms with Crippen molar-refractivity contribution in [3.63, 3.8) is 0 Å². The van der Waals surface area contributed by atoms with Crippen LogP contribution in [-0.2, 0) is 30.6 Å². The number of halogens is 1. The van der Waals surface area contributed by atoms with Crippen LogP contribution < -0.4 is 10.5 Å². The second-order valence-corrected chi connectivity index (χ2v) is 11.8. The number of hydrogen-bond donors (Lipinski definition) is 0. The van der Waals surface area contributed by atoms with Crippen LogP contribution in [0.3, 0.4) is 0 Å². The van der Waals surface area contributed by atoms with Crippen molar-refractivity contribution in [3.8, 4) is 11.1 Å². The van der Waals surface area contributed by atoms with Crippen molar-refractivity contribution in [2.75, 3.05) is 31.1 Å². The van der Waals surface area contributed by atoms with E-state index in [0.29, 0.717) is 36.0 Å². The van der Waals surface area contributed by atoms with Crippen molar-refractivity contribution in [1.29, 1.82) is 0 Å². The molecule has 0 bridgehead atoms. The molecule has 1 aliphatic rings. The molecule has 1 amide bonds. The van der Waals surface area contributed by atoms with Gasteiger partial charge in [0.15, 0.2) is 5.16 Å². The number of nitrogens with zero attached hydrogens (tertiary/aromatic N) is 6.